The maximum Gasteiger partial charge on any atom is 0.249 e. The second kappa shape index (κ2) is 7.00. The lowest BCUT2D eigenvalue weighted by Crippen LogP contribution is -2.17. The van der Waals surface area contributed by atoms with Crippen LogP contribution in [0.3, 0.4) is 0 Å². The Kier molecular flexibility index (Phi) is 4.54. The Bertz CT molecular complexity index is 1190. The first-order valence-electron chi connectivity index (χ1n) is 9.04. The summed E-state index contributed by atoms with van der Waals surface area (Å²) in [4.78, 5) is 18.6. The van der Waals surface area contributed by atoms with Crippen molar-refractivity contribution in [2.45, 2.75) is 13.8 Å². The molecule has 0 spiro atoms. The Labute approximate surface area is 161 Å². The lowest BCUT2D eigenvalue weighted by Gasteiger charge is -2.19. The number of ether oxygens (including phenoxy) is 1. The fourth-order valence-electron chi connectivity index (χ4n) is 3.39. The highest BCUT2D eigenvalue weighted by atomic mass is 35.5. The molecule has 138 valence electrons. The van der Waals surface area contributed by atoms with Crippen LogP contribution < -0.4 is 15.6 Å². The molecule has 1 aliphatic rings. The number of anilines is 1. The molecule has 0 unspecified atom stereocenters. The molecule has 0 saturated carbocycles. The van der Waals surface area contributed by atoms with Crippen LogP contribution in [-0.4, -0.2) is 23.1 Å². The average Bonchev–Trinajstić information content (AvgIpc) is 3.06. The van der Waals surface area contributed by atoms with Gasteiger partial charge in [-0.1, -0.05) is 31.5 Å². The lowest BCUT2D eigenvalue weighted by molar-refractivity contribution is 0.323. The minimum atomic E-state index is -0.153. The third-order valence-electron chi connectivity index (χ3n) is 4.52. The van der Waals surface area contributed by atoms with Gasteiger partial charge in [-0.3, -0.25) is 4.79 Å². The summed E-state index contributed by atoms with van der Waals surface area (Å²) in [6, 6.07) is 13.2. The van der Waals surface area contributed by atoms with Gasteiger partial charge in [0.15, 0.2) is 0 Å². The van der Waals surface area contributed by atoms with Crippen molar-refractivity contribution in [3.05, 3.63) is 57.8 Å². The molecule has 0 fully saturated rings. The number of benzene rings is 2. The van der Waals surface area contributed by atoms with E-state index in [2.05, 4.69) is 15.3 Å². The maximum atomic E-state index is 12.2. The Morgan fingerprint density at radius 3 is 2.70 bits per heavy atom. The van der Waals surface area contributed by atoms with Crippen LogP contribution in [0.1, 0.15) is 13.8 Å². The standard InChI is InChI=1S/C19H14ClN3O2.C2H6/c20-11-2-4-14-13(8-11)19-18(22-14)12(9-17(24)23-19)10-1-3-15-16(7-10)25-6-5-21-15;1-2/h1-4,7-9,21-22H,5-6H2,(H,23,24);1-2H3. The highest BCUT2D eigenvalue weighted by Gasteiger charge is 2.15. The van der Waals surface area contributed by atoms with E-state index in [1.165, 1.54) is 0 Å². The molecular formula is C21H20ClN3O2. The molecule has 0 radical (unpaired) electrons. The van der Waals surface area contributed by atoms with E-state index in [1.54, 1.807) is 6.07 Å². The van der Waals surface area contributed by atoms with Gasteiger partial charge >= 0.3 is 0 Å². The zero-order valence-electron chi connectivity index (χ0n) is 15.2. The number of rotatable bonds is 1. The Balaban J connectivity index is 0.000000872. The first kappa shape index (κ1) is 17.5. The number of hydrogen-bond acceptors (Lipinski definition) is 3. The fourth-order valence-corrected chi connectivity index (χ4v) is 3.56. The predicted octanol–water partition coefficient (Wildman–Crippen LogP) is 5.16. The number of aromatic nitrogens is 2. The Morgan fingerprint density at radius 1 is 1.00 bits per heavy atom. The molecule has 3 N–H and O–H groups in total. The molecular weight excluding hydrogens is 362 g/mol. The van der Waals surface area contributed by atoms with Crippen molar-refractivity contribution >= 4 is 39.2 Å². The van der Waals surface area contributed by atoms with E-state index in [-0.39, 0.29) is 5.56 Å². The van der Waals surface area contributed by atoms with Gasteiger partial charge in [-0.05, 0) is 35.9 Å². The number of H-pyrrole nitrogens is 2. The zero-order chi connectivity index (χ0) is 19.0. The molecule has 5 nitrogen and oxygen atoms in total. The molecule has 4 aromatic rings. The quantitative estimate of drug-likeness (QED) is 0.426. The normalized spacial score (nSPS) is 12.7. The molecule has 2 aromatic carbocycles. The van der Waals surface area contributed by atoms with Crippen LogP contribution in [0, 0.1) is 0 Å². The SMILES string of the molecule is CC.O=c1cc(-c2ccc3c(c2)OCCN3)c2[nH]c3ccc(Cl)cc3c2[nH]1. The van der Waals surface area contributed by atoms with Crippen molar-refractivity contribution in [3.8, 4) is 16.9 Å². The predicted molar refractivity (Wildman–Crippen MR) is 112 cm³/mol. The van der Waals surface area contributed by atoms with Crippen molar-refractivity contribution in [2.24, 2.45) is 0 Å². The monoisotopic (exact) mass is 381 g/mol. The number of aromatic amines is 2. The van der Waals surface area contributed by atoms with E-state index >= 15 is 0 Å². The first-order chi connectivity index (χ1) is 13.2. The minimum Gasteiger partial charge on any atom is -0.490 e. The second-order valence-electron chi connectivity index (χ2n) is 6.10. The second-order valence-corrected chi connectivity index (χ2v) is 6.53. The van der Waals surface area contributed by atoms with Crippen molar-refractivity contribution in [3.63, 3.8) is 0 Å². The van der Waals surface area contributed by atoms with Gasteiger partial charge in [0.1, 0.15) is 12.4 Å². The van der Waals surface area contributed by atoms with Crippen LogP contribution in [0.15, 0.2) is 47.3 Å². The maximum absolute atomic E-state index is 12.2. The van der Waals surface area contributed by atoms with Crippen LogP contribution >= 0.6 is 11.6 Å². The van der Waals surface area contributed by atoms with Crippen LogP contribution in [-0.2, 0) is 0 Å². The molecule has 0 aliphatic carbocycles. The third-order valence-corrected chi connectivity index (χ3v) is 4.76. The zero-order valence-corrected chi connectivity index (χ0v) is 15.9. The summed E-state index contributed by atoms with van der Waals surface area (Å²) in [6.45, 7) is 5.43. The number of fused-ring (bicyclic) bond motifs is 4. The molecule has 0 bridgehead atoms. The van der Waals surface area contributed by atoms with E-state index in [4.69, 9.17) is 16.3 Å². The highest BCUT2D eigenvalue weighted by molar-refractivity contribution is 6.31. The fraction of sp³-hybridized carbons (Fsp3) is 0.190. The van der Waals surface area contributed by atoms with Gasteiger partial charge in [-0.2, -0.15) is 0 Å². The lowest BCUT2D eigenvalue weighted by atomic mass is 10.0. The summed E-state index contributed by atoms with van der Waals surface area (Å²) in [6.07, 6.45) is 0. The van der Waals surface area contributed by atoms with Crippen LogP contribution in [0.2, 0.25) is 5.02 Å². The van der Waals surface area contributed by atoms with E-state index in [0.717, 1.165) is 51.0 Å². The average molecular weight is 382 g/mol. The summed E-state index contributed by atoms with van der Waals surface area (Å²) >= 11 is 6.12. The summed E-state index contributed by atoms with van der Waals surface area (Å²) in [5, 5.41) is 4.83. The Morgan fingerprint density at radius 2 is 1.85 bits per heavy atom. The molecule has 2 aromatic heterocycles. The minimum absolute atomic E-state index is 0.153. The number of pyridine rings is 1. The molecule has 5 rings (SSSR count). The first-order valence-corrected chi connectivity index (χ1v) is 9.42. The summed E-state index contributed by atoms with van der Waals surface area (Å²) in [5.74, 6) is 0.802. The number of nitrogens with one attached hydrogen (secondary N) is 3. The molecule has 1 aliphatic heterocycles. The molecule has 0 saturated heterocycles. The number of hydrogen-bond donors (Lipinski definition) is 3. The van der Waals surface area contributed by atoms with Gasteiger partial charge in [0.25, 0.3) is 0 Å². The van der Waals surface area contributed by atoms with Crippen molar-refractivity contribution in [2.75, 3.05) is 18.5 Å². The van der Waals surface area contributed by atoms with Crippen molar-refractivity contribution in [1.82, 2.24) is 9.97 Å². The van der Waals surface area contributed by atoms with Crippen LogP contribution in [0.25, 0.3) is 33.1 Å². The smallest absolute Gasteiger partial charge is 0.249 e. The highest BCUT2D eigenvalue weighted by Crippen LogP contribution is 2.36. The molecule has 0 amide bonds. The molecule has 0 atom stereocenters. The molecule has 27 heavy (non-hydrogen) atoms. The Hall–Kier alpha value is -2.92. The van der Waals surface area contributed by atoms with Gasteiger partial charge in [0, 0.05) is 34.1 Å². The summed E-state index contributed by atoms with van der Waals surface area (Å²) in [7, 11) is 0. The van der Waals surface area contributed by atoms with E-state index in [1.807, 2.05) is 50.2 Å². The largest absolute Gasteiger partial charge is 0.490 e. The van der Waals surface area contributed by atoms with Gasteiger partial charge in [-0.15, -0.1) is 0 Å². The van der Waals surface area contributed by atoms with E-state index in [9.17, 15) is 4.79 Å². The van der Waals surface area contributed by atoms with Gasteiger partial charge < -0.3 is 20.0 Å². The van der Waals surface area contributed by atoms with Crippen LogP contribution in [0.4, 0.5) is 5.69 Å². The molecule has 6 heteroatoms. The molecule has 3 heterocycles. The summed E-state index contributed by atoms with van der Waals surface area (Å²) < 4.78 is 5.73. The topological polar surface area (TPSA) is 69.9 Å². The number of halogens is 1. The van der Waals surface area contributed by atoms with Crippen LogP contribution in [0.5, 0.6) is 5.75 Å². The van der Waals surface area contributed by atoms with Gasteiger partial charge in [-0.25, -0.2) is 0 Å². The summed E-state index contributed by atoms with van der Waals surface area (Å²) in [5.41, 5.74) is 5.15. The van der Waals surface area contributed by atoms with Crippen molar-refractivity contribution in [1.29, 1.82) is 0 Å². The van der Waals surface area contributed by atoms with Crippen molar-refractivity contribution < 1.29 is 4.74 Å². The van der Waals surface area contributed by atoms with Gasteiger partial charge in [0.2, 0.25) is 5.56 Å². The van der Waals surface area contributed by atoms with E-state index in [0.29, 0.717) is 11.6 Å². The third kappa shape index (κ3) is 3.04. The van der Waals surface area contributed by atoms with E-state index < -0.39 is 0 Å². The van der Waals surface area contributed by atoms with Gasteiger partial charge in [0.05, 0.1) is 16.7 Å².